The lowest BCUT2D eigenvalue weighted by molar-refractivity contribution is -0.111. The van der Waals surface area contributed by atoms with Gasteiger partial charge in [-0.05, 0) is 50.3 Å². The van der Waals surface area contributed by atoms with Gasteiger partial charge in [-0.1, -0.05) is 36.4 Å². The summed E-state index contributed by atoms with van der Waals surface area (Å²) in [5.41, 5.74) is 1.58. The van der Waals surface area contributed by atoms with E-state index in [9.17, 15) is 9.59 Å². The van der Waals surface area contributed by atoms with Crippen molar-refractivity contribution in [2.45, 2.75) is 26.2 Å². The number of nitrogens with zero attached hydrogens (tertiary/aromatic N) is 2. The molecule has 0 bridgehead atoms. The number of hydrogen-bond acceptors (Lipinski definition) is 2. The van der Waals surface area contributed by atoms with E-state index < -0.39 is 0 Å². The molecule has 25 heavy (non-hydrogen) atoms. The van der Waals surface area contributed by atoms with Gasteiger partial charge < -0.3 is 5.32 Å². The first-order valence-electron chi connectivity index (χ1n) is 8.56. The third kappa shape index (κ3) is 3.65. The van der Waals surface area contributed by atoms with Gasteiger partial charge >= 0.3 is 0 Å². The van der Waals surface area contributed by atoms with Gasteiger partial charge in [-0.25, -0.2) is 4.68 Å². The quantitative estimate of drug-likeness (QED) is 0.687. The molecule has 5 nitrogen and oxygen atoms in total. The fourth-order valence-electron chi connectivity index (χ4n) is 3.09. The summed E-state index contributed by atoms with van der Waals surface area (Å²) >= 11 is 0. The largest absolute Gasteiger partial charge is 0.316 e. The van der Waals surface area contributed by atoms with Crippen LogP contribution in [0.4, 0.5) is 5.69 Å². The van der Waals surface area contributed by atoms with Crippen molar-refractivity contribution in [3.8, 4) is 5.69 Å². The second-order valence-electron chi connectivity index (χ2n) is 6.33. The monoisotopic (exact) mass is 337 g/mol. The minimum absolute atomic E-state index is 0.228. The molecular weight excluding hydrogens is 314 g/mol. The van der Waals surface area contributed by atoms with Gasteiger partial charge in [-0.2, -0.15) is 0 Å². The van der Waals surface area contributed by atoms with Crippen LogP contribution in [0.2, 0.25) is 0 Å². The number of allylic oxidation sites excluding steroid dienone is 3. The maximum atomic E-state index is 12.7. The molecule has 5 heteroatoms. The number of aromatic nitrogens is 2. The fraction of sp³-hybridized carbons (Fsp3) is 0.300. The Hall–Kier alpha value is -2.82. The summed E-state index contributed by atoms with van der Waals surface area (Å²) in [5, 5.41) is 2.75. The van der Waals surface area contributed by atoms with Gasteiger partial charge in [0.25, 0.3) is 5.56 Å². The average molecular weight is 337 g/mol. The molecule has 0 unspecified atom stereocenters. The number of benzene rings is 1. The molecule has 1 aliphatic carbocycles. The van der Waals surface area contributed by atoms with Crippen molar-refractivity contribution in [1.82, 2.24) is 9.36 Å². The lowest BCUT2D eigenvalue weighted by Gasteiger charge is -2.12. The Morgan fingerprint density at radius 2 is 2.00 bits per heavy atom. The maximum absolute atomic E-state index is 12.7. The van der Waals surface area contributed by atoms with Gasteiger partial charge in [0.05, 0.1) is 11.4 Å². The van der Waals surface area contributed by atoms with Crippen molar-refractivity contribution in [1.29, 1.82) is 0 Å². The summed E-state index contributed by atoms with van der Waals surface area (Å²) in [6.07, 6.45) is 10.9. The first-order valence-corrected chi connectivity index (χ1v) is 8.56. The van der Waals surface area contributed by atoms with Gasteiger partial charge in [0.15, 0.2) is 0 Å². The zero-order chi connectivity index (χ0) is 17.8. The van der Waals surface area contributed by atoms with E-state index in [1.807, 2.05) is 50.4 Å². The number of hydrogen-bond donors (Lipinski definition) is 1. The number of amides is 1. The van der Waals surface area contributed by atoms with Crippen molar-refractivity contribution in [2.75, 3.05) is 5.32 Å². The second kappa shape index (κ2) is 7.38. The van der Waals surface area contributed by atoms with Crippen LogP contribution in [0.15, 0.2) is 59.4 Å². The number of anilines is 1. The van der Waals surface area contributed by atoms with Crippen LogP contribution in [0, 0.1) is 12.8 Å². The Kier molecular flexibility index (Phi) is 5.03. The molecule has 1 aromatic heterocycles. The first-order chi connectivity index (χ1) is 12.1. The fourth-order valence-corrected chi connectivity index (χ4v) is 3.09. The van der Waals surface area contributed by atoms with Crippen LogP contribution in [-0.4, -0.2) is 15.3 Å². The standard InChI is InChI=1S/C20H23N3O2/c1-15-19(21-18(24)14-13-16-9-5-3-6-10-16)20(25)23(22(15)2)17-11-7-4-8-12-17/h3-5,7-8,11-14,16H,6,9-10H2,1-2H3,(H,21,24)/b14-13+/t16-/m1/s1. The SMILES string of the molecule is Cc1c(NC(=O)/C=C/[C@@H]2CC=CCC2)c(=O)n(-c2ccccc2)n1C. The summed E-state index contributed by atoms with van der Waals surface area (Å²) in [6.45, 7) is 1.83. The highest BCUT2D eigenvalue weighted by atomic mass is 16.2. The van der Waals surface area contributed by atoms with Crippen molar-refractivity contribution < 1.29 is 4.79 Å². The zero-order valence-electron chi connectivity index (χ0n) is 14.6. The van der Waals surface area contributed by atoms with Crippen LogP contribution >= 0.6 is 0 Å². The van der Waals surface area contributed by atoms with Crippen LogP contribution < -0.4 is 10.9 Å². The number of rotatable bonds is 4. The molecule has 0 saturated carbocycles. The maximum Gasteiger partial charge on any atom is 0.295 e. The minimum Gasteiger partial charge on any atom is -0.316 e. The molecule has 0 aliphatic heterocycles. The van der Waals surface area contributed by atoms with Crippen LogP contribution in [0.5, 0.6) is 0 Å². The highest BCUT2D eigenvalue weighted by molar-refractivity contribution is 5.99. The van der Waals surface area contributed by atoms with Crippen LogP contribution in [0.1, 0.15) is 25.0 Å². The molecule has 1 N–H and O–H groups in total. The summed E-state index contributed by atoms with van der Waals surface area (Å²) in [4.78, 5) is 25.0. The van der Waals surface area contributed by atoms with E-state index in [0.29, 0.717) is 11.6 Å². The van der Waals surface area contributed by atoms with E-state index >= 15 is 0 Å². The Labute approximate surface area is 147 Å². The lowest BCUT2D eigenvalue weighted by atomic mass is 9.94. The highest BCUT2D eigenvalue weighted by Crippen LogP contribution is 2.19. The Balaban J connectivity index is 1.81. The van der Waals surface area contributed by atoms with Gasteiger partial charge in [0, 0.05) is 7.05 Å². The molecule has 1 aromatic carbocycles. The Morgan fingerprint density at radius 3 is 2.68 bits per heavy atom. The lowest BCUT2D eigenvalue weighted by Crippen LogP contribution is -2.22. The molecule has 0 radical (unpaired) electrons. The average Bonchev–Trinajstić information content (AvgIpc) is 2.85. The summed E-state index contributed by atoms with van der Waals surface area (Å²) < 4.78 is 3.31. The van der Waals surface area contributed by atoms with Crippen molar-refractivity contribution in [3.63, 3.8) is 0 Å². The van der Waals surface area contributed by atoms with Crippen molar-refractivity contribution >= 4 is 11.6 Å². The predicted molar refractivity (Wildman–Crippen MR) is 100.0 cm³/mol. The smallest absolute Gasteiger partial charge is 0.295 e. The Bertz CT molecular complexity index is 872. The molecule has 1 atom stereocenters. The highest BCUT2D eigenvalue weighted by Gasteiger charge is 2.17. The zero-order valence-corrected chi connectivity index (χ0v) is 14.6. The molecule has 1 heterocycles. The van der Waals surface area contributed by atoms with Crippen LogP contribution in [0.25, 0.3) is 5.69 Å². The molecule has 0 spiro atoms. The normalized spacial score (nSPS) is 17.1. The van der Waals surface area contributed by atoms with Crippen molar-refractivity contribution in [3.05, 3.63) is 70.7 Å². The van der Waals surface area contributed by atoms with E-state index in [1.165, 1.54) is 0 Å². The van der Waals surface area contributed by atoms with E-state index in [-0.39, 0.29) is 11.5 Å². The summed E-state index contributed by atoms with van der Waals surface area (Å²) in [6, 6.07) is 9.39. The number of carbonyl (C=O) groups is 1. The summed E-state index contributed by atoms with van der Waals surface area (Å²) in [5.74, 6) is 0.133. The Morgan fingerprint density at radius 1 is 1.24 bits per heavy atom. The topological polar surface area (TPSA) is 56.0 Å². The molecule has 0 fully saturated rings. The minimum atomic E-state index is -0.263. The number of carbonyl (C=O) groups excluding carboxylic acids is 1. The van der Waals surface area contributed by atoms with E-state index in [2.05, 4.69) is 17.5 Å². The molecule has 0 saturated heterocycles. The van der Waals surface area contributed by atoms with Crippen molar-refractivity contribution in [2.24, 2.45) is 13.0 Å². The van der Waals surface area contributed by atoms with E-state index in [4.69, 9.17) is 0 Å². The van der Waals surface area contributed by atoms with E-state index in [0.717, 1.165) is 30.6 Å². The molecule has 3 rings (SSSR count). The number of nitrogens with one attached hydrogen (secondary N) is 1. The van der Waals surface area contributed by atoms with Gasteiger partial charge in [0.2, 0.25) is 5.91 Å². The number of para-hydroxylation sites is 1. The van der Waals surface area contributed by atoms with Crippen LogP contribution in [-0.2, 0) is 11.8 Å². The van der Waals surface area contributed by atoms with Gasteiger partial charge in [-0.3, -0.25) is 14.3 Å². The van der Waals surface area contributed by atoms with Crippen LogP contribution in [0.3, 0.4) is 0 Å². The molecule has 130 valence electrons. The molecule has 1 aliphatic rings. The third-order valence-corrected chi connectivity index (χ3v) is 4.63. The predicted octanol–water partition coefficient (Wildman–Crippen LogP) is 3.34. The first kappa shape index (κ1) is 17.0. The molecular formula is C20H23N3O2. The second-order valence-corrected chi connectivity index (χ2v) is 6.33. The van der Waals surface area contributed by atoms with E-state index in [1.54, 1.807) is 15.4 Å². The molecule has 1 amide bonds. The van der Waals surface area contributed by atoms with Gasteiger partial charge in [-0.15, -0.1) is 0 Å². The molecule has 2 aromatic rings. The summed E-state index contributed by atoms with van der Waals surface area (Å²) in [7, 11) is 1.81. The third-order valence-electron chi connectivity index (χ3n) is 4.63. The van der Waals surface area contributed by atoms with Gasteiger partial charge in [0.1, 0.15) is 5.69 Å².